The third-order valence-electron chi connectivity index (χ3n) is 3.18. The Morgan fingerprint density at radius 1 is 1.33 bits per heavy atom. The van der Waals surface area contributed by atoms with Crippen LogP contribution in [-0.2, 0) is 9.59 Å². The number of carbonyl (C=O) groups excluding carboxylic acids is 2. The number of rotatable bonds is 7. The third-order valence-corrected chi connectivity index (χ3v) is 3.18. The van der Waals surface area contributed by atoms with Crippen LogP contribution >= 0.6 is 0 Å². The summed E-state index contributed by atoms with van der Waals surface area (Å²) >= 11 is 0. The molecule has 2 N–H and O–H groups in total. The van der Waals surface area contributed by atoms with E-state index in [2.05, 4.69) is 16.7 Å². The fourth-order valence-corrected chi connectivity index (χ4v) is 2.03. The summed E-state index contributed by atoms with van der Waals surface area (Å²) < 4.78 is 0. The summed E-state index contributed by atoms with van der Waals surface area (Å²) in [7, 11) is 0. The van der Waals surface area contributed by atoms with Crippen LogP contribution in [0.3, 0.4) is 0 Å². The average molecular weight is 287 g/mol. The molecule has 112 valence electrons. The topological polar surface area (TPSA) is 82.0 Å². The van der Waals surface area contributed by atoms with Crippen LogP contribution in [0.25, 0.3) is 0 Å². The molecule has 0 aliphatic rings. The van der Waals surface area contributed by atoms with Crippen LogP contribution in [0.15, 0.2) is 18.2 Å². The van der Waals surface area contributed by atoms with Crippen molar-refractivity contribution >= 4 is 17.4 Å². The van der Waals surface area contributed by atoms with E-state index in [4.69, 9.17) is 5.26 Å². The summed E-state index contributed by atoms with van der Waals surface area (Å²) in [6.07, 6.45) is 1.44. The molecule has 0 fully saturated rings. The molecule has 0 aliphatic heterocycles. The largest absolute Gasteiger partial charge is 0.319 e. The highest BCUT2D eigenvalue weighted by atomic mass is 16.2. The van der Waals surface area contributed by atoms with Crippen LogP contribution in [0.4, 0.5) is 5.69 Å². The average Bonchev–Trinajstić information content (AvgIpc) is 2.48. The molecule has 1 rings (SSSR count). The molecule has 0 aromatic heterocycles. The van der Waals surface area contributed by atoms with Crippen LogP contribution in [0.1, 0.15) is 37.8 Å². The molecule has 1 aromatic carbocycles. The van der Waals surface area contributed by atoms with E-state index < -0.39 is 17.7 Å². The van der Waals surface area contributed by atoms with E-state index >= 15 is 0 Å². The van der Waals surface area contributed by atoms with Crippen molar-refractivity contribution in [1.29, 1.82) is 5.26 Å². The van der Waals surface area contributed by atoms with Crippen molar-refractivity contribution < 1.29 is 9.59 Å². The van der Waals surface area contributed by atoms with Crippen LogP contribution < -0.4 is 10.6 Å². The molecule has 1 aromatic rings. The van der Waals surface area contributed by atoms with E-state index in [-0.39, 0.29) is 0 Å². The summed E-state index contributed by atoms with van der Waals surface area (Å²) in [5.74, 6) is -1.13. The smallest absolute Gasteiger partial charge is 0.293 e. The molecule has 0 aliphatic carbocycles. The molecular formula is C16H21N3O2. The summed E-state index contributed by atoms with van der Waals surface area (Å²) in [4.78, 5) is 24.1. The molecular weight excluding hydrogens is 266 g/mol. The lowest BCUT2D eigenvalue weighted by molar-refractivity contribution is -0.136. The minimum Gasteiger partial charge on any atom is -0.319 e. The number of nitrogens with zero attached hydrogens (tertiary/aromatic N) is 1. The van der Waals surface area contributed by atoms with Crippen molar-refractivity contribution in [3.05, 3.63) is 29.3 Å². The predicted octanol–water partition coefficient (Wildman–Crippen LogP) is 2.15. The van der Waals surface area contributed by atoms with Crippen molar-refractivity contribution in [1.82, 2.24) is 5.32 Å². The van der Waals surface area contributed by atoms with Crippen molar-refractivity contribution in [3.63, 3.8) is 0 Å². The second kappa shape index (κ2) is 8.18. The number of aryl methyl sites for hydroxylation is 1. The van der Waals surface area contributed by atoms with Gasteiger partial charge in [0.15, 0.2) is 0 Å². The van der Waals surface area contributed by atoms with Gasteiger partial charge in [-0.3, -0.25) is 9.59 Å². The third kappa shape index (κ3) is 4.69. The van der Waals surface area contributed by atoms with Crippen LogP contribution in [0, 0.1) is 18.3 Å². The number of nitriles is 1. The quantitative estimate of drug-likeness (QED) is 0.753. The Hall–Kier alpha value is -2.19. The molecule has 21 heavy (non-hydrogen) atoms. The molecule has 0 saturated heterocycles. The highest BCUT2D eigenvalue weighted by molar-refractivity contribution is 6.42. The lowest BCUT2D eigenvalue weighted by atomic mass is 10.1. The Kier molecular flexibility index (Phi) is 6.57. The molecule has 5 heteroatoms. The SMILES string of the molecule is CCCC(NCC)C(=O)C(=O)Nc1ccc(C)c(C#N)c1. The van der Waals surface area contributed by atoms with Gasteiger partial charge in [0.1, 0.15) is 0 Å². The van der Waals surface area contributed by atoms with E-state index in [1.807, 2.05) is 20.8 Å². The van der Waals surface area contributed by atoms with Gasteiger partial charge in [0, 0.05) is 5.69 Å². The summed E-state index contributed by atoms with van der Waals surface area (Å²) in [5.41, 5.74) is 1.78. The monoisotopic (exact) mass is 287 g/mol. The van der Waals surface area contributed by atoms with Gasteiger partial charge in [0.25, 0.3) is 5.91 Å². The van der Waals surface area contributed by atoms with E-state index in [1.54, 1.807) is 18.2 Å². The lowest BCUT2D eigenvalue weighted by Gasteiger charge is -2.15. The molecule has 1 atom stereocenters. The van der Waals surface area contributed by atoms with E-state index in [1.165, 1.54) is 0 Å². The second-order valence-corrected chi connectivity index (χ2v) is 4.86. The predicted molar refractivity (Wildman–Crippen MR) is 81.9 cm³/mol. The maximum Gasteiger partial charge on any atom is 0.293 e. The van der Waals surface area contributed by atoms with Crippen LogP contribution in [0.2, 0.25) is 0 Å². The van der Waals surface area contributed by atoms with Gasteiger partial charge >= 0.3 is 0 Å². The Balaban J connectivity index is 2.80. The van der Waals surface area contributed by atoms with Crippen molar-refractivity contribution in [2.45, 2.75) is 39.7 Å². The molecule has 1 amide bonds. The van der Waals surface area contributed by atoms with Gasteiger partial charge in [-0.25, -0.2) is 0 Å². The Morgan fingerprint density at radius 2 is 2.05 bits per heavy atom. The Labute approximate surface area is 125 Å². The Morgan fingerprint density at radius 3 is 2.62 bits per heavy atom. The first-order valence-electron chi connectivity index (χ1n) is 7.12. The maximum atomic E-state index is 12.1. The molecule has 0 heterocycles. The van der Waals surface area contributed by atoms with Gasteiger partial charge in [-0.1, -0.05) is 26.3 Å². The minimum absolute atomic E-state index is 0.458. The molecule has 0 radical (unpaired) electrons. The first kappa shape index (κ1) is 16.9. The van der Waals surface area contributed by atoms with Crippen molar-refractivity contribution in [2.24, 2.45) is 0 Å². The zero-order valence-corrected chi connectivity index (χ0v) is 12.7. The van der Waals surface area contributed by atoms with Gasteiger partial charge < -0.3 is 10.6 Å². The highest BCUT2D eigenvalue weighted by Gasteiger charge is 2.23. The molecule has 1 unspecified atom stereocenters. The van der Waals surface area contributed by atoms with Gasteiger partial charge in [-0.05, 0) is 37.6 Å². The normalized spacial score (nSPS) is 11.5. The Bertz CT molecular complexity index is 555. The standard InChI is InChI=1S/C16H21N3O2/c1-4-6-14(18-5-2)15(20)16(21)19-13-8-7-11(3)12(9-13)10-17/h7-9,14,18H,4-6H2,1-3H3,(H,19,21). The lowest BCUT2D eigenvalue weighted by Crippen LogP contribution is -2.42. The number of likely N-dealkylation sites (N-methyl/N-ethyl adjacent to an activating group) is 1. The van der Waals surface area contributed by atoms with Crippen LogP contribution in [-0.4, -0.2) is 24.3 Å². The number of hydrogen-bond acceptors (Lipinski definition) is 4. The summed E-state index contributed by atoms with van der Waals surface area (Å²) in [6, 6.07) is 6.59. The molecule has 0 bridgehead atoms. The number of ketones is 1. The van der Waals surface area contributed by atoms with Crippen LogP contribution in [0.5, 0.6) is 0 Å². The number of hydrogen-bond donors (Lipinski definition) is 2. The molecule has 5 nitrogen and oxygen atoms in total. The number of carbonyl (C=O) groups is 2. The van der Waals surface area contributed by atoms with E-state index in [0.717, 1.165) is 12.0 Å². The van der Waals surface area contributed by atoms with E-state index in [0.29, 0.717) is 24.2 Å². The van der Waals surface area contributed by atoms with Gasteiger partial charge in [0.05, 0.1) is 17.7 Å². The summed E-state index contributed by atoms with van der Waals surface area (Å²) in [6.45, 7) is 6.31. The number of Topliss-reactive ketones (excluding diaryl/α,β-unsaturated/α-hetero) is 1. The van der Waals surface area contributed by atoms with Gasteiger partial charge in [-0.2, -0.15) is 5.26 Å². The molecule has 0 spiro atoms. The number of benzene rings is 1. The highest BCUT2D eigenvalue weighted by Crippen LogP contribution is 2.14. The van der Waals surface area contributed by atoms with Crippen molar-refractivity contribution in [2.75, 3.05) is 11.9 Å². The zero-order valence-electron chi connectivity index (χ0n) is 12.7. The number of anilines is 1. The first-order chi connectivity index (χ1) is 10.0. The first-order valence-corrected chi connectivity index (χ1v) is 7.12. The number of amides is 1. The second-order valence-electron chi connectivity index (χ2n) is 4.86. The van der Waals surface area contributed by atoms with Crippen molar-refractivity contribution in [3.8, 4) is 6.07 Å². The van der Waals surface area contributed by atoms with Gasteiger partial charge in [-0.15, -0.1) is 0 Å². The fraction of sp³-hybridized carbons (Fsp3) is 0.438. The van der Waals surface area contributed by atoms with Gasteiger partial charge in [0.2, 0.25) is 5.78 Å². The molecule has 0 saturated carbocycles. The number of nitrogens with one attached hydrogen (secondary N) is 2. The zero-order chi connectivity index (χ0) is 15.8. The minimum atomic E-state index is -0.651. The van der Waals surface area contributed by atoms with E-state index in [9.17, 15) is 9.59 Å². The maximum absolute atomic E-state index is 12.1. The summed E-state index contributed by atoms with van der Waals surface area (Å²) in [5, 5.41) is 14.6. The fourth-order valence-electron chi connectivity index (χ4n) is 2.03.